The molecule has 0 unspecified atom stereocenters. The molecule has 0 spiro atoms. The predicted octanol–water partition coefficient (Wildman–Crippen LogP) is 0.567. The van der Waals surface area contributed by atoms with Crippen LogP contribution >= 0.6 is 12.2 Å². The van der Waals surface area contributed by atoms with E-state index in [-0.39, 0.29) is 0 Å². The predicted molar refractivity (Wildman–Crippen MR) is 48.8 cm³/mol. The Morgan fingerprint density at radius 3 is 2.91 bits per heavy atom. The van der Waals surface area contributed by atoms with E-state index in [2.05, 4.69) is 9.97 Å². The first-order valence-corrected chi connectivity index (χ1v) is 3.95. The van der Waals surface area contributed by atoms with Gasteiger partial charge in [-0.2, -0.15) is 0 Å². The van der Waals surface area contributed by atoms with Crippen molar-refractivity contribution >= 4 is 17.6 Å². The topological polar surface area (TPSA) is 54.7 Å². The van der Waals surface area contributed by atoms with Crippen LogP contribution in [0.1, 0.15) is 17.2 Å². The number of aryl methyl sites for hydroxylation is 1. The van der Waals surface area contributed by atoms with Crippen molar-refractivity contribution in [1.82, 2.24) is 9.97 Å². The number of nitrogens with two attached hydrogens (primary N) is 1. The van der Waals surface area contributed by atoms with Gasteiger partial charge in [0.1, 0.15) is 5.82 Å². The SMILES string of the molecule is Cc1[nH]c(C=S)nc1CCN. The molecule has 0 saturated carbocycles. The fraction of sp³-hybridized carbons (Fsp3) is 0.429. The van der Waals surface area contributed by atoms with Gasteiger partial charge >= 0.3 is 0 Å². The number of nitrogens with zero attached hydrogens (tertiary/aromatic N) is 1. The molecule has 0 atom stereocenters. The van der Waals surface area contributed by atoms with Crippen LogP contribution in [0.4, 0.5) is 0 Å². The highest BCUT2D eigenvalue weighted by molar-refractivity contribution is 7.79. The van der Waals surface area contributed by atoms with Crippen LogP contribution in [0, 0.1) is 6.92 Å². The van der Waals surface area contributed by atoms with Crippen molar-refractivity contribution < 1.29 is 0 Å². The normalized spacial score (nSPS) is 10.0. The molecule has 0 saturated heterocycles. The summed E-state index contributed by atoms with van der Waals surface area (Å²) in [6.07, 6.45) is 0.811. The van der Waals surface area contributed by atoms with Gasteiger partial charge in [0.2, 0.25) is 0 Å². The smallest absolute Gasteiger partial charge is 0.141 e. The van der Waals surface area contributed by atoms with Gasteiger partial charge in [-0.05, 0) is 13.5 Å². The summed E-state index contributed by atoms with van der Waals surface area (Å²) in [5.74, 6) is 0.751. The van der Waals surface area contributed by atoms with Gasteiger partial charge in [-0.1, -0.05) is 12.2 Å². The van der Waals surface area contributed by atoms with Crippen molar-refractivity contribution in [3.63, 3.8) is 0 Å². The number of hydrogen-bond donors (Lipinski definition) is 2. The molecular weight excluding hydrogens is 158 g/mol. The van der Waals surface area contributed by atoms with E-state index in [9.17, 15) is 0 Å². The molecular formula is C7H11N3S. The van der Waals surface area contributed by atoms with E-state index in [1.54, 1.807) is 0 Å². The maximum atomic E-state index is 5.39. The third-order valence-corrected chi connectivity index (χ3v) is 1.72. The Kier molecular flexibility index (Phi) is 2.73. The molecule has 0 aliphatic carbocycles. The molecule has 3 N–H and O–H groups in total. The van der Waals surface area contributed by atoms with Crippen LogP contribution in [0.25, 0.3) is 0 Å². The summed E-state index contributed by atoms with van der Waals surface area (Å²) in [6, 6.07) is 0. The zero-order valence-corrected chi connectivity index (χ0v) is 7.24. The second kappa shape index (κ2) is 3.59. The summed E-state index contributed by atoms with van der Waals surface area (Å²) in [7, 11) is 0. The lowest BCUT2D eigenvalue weighted by atomic mass is 10.3. The molecule has 0 radical (unpaired) electrons. The Morgan fingerprint density at radius 2 is 2.45 bits per heavy atom. The first-order valence-electron chi connectivity index (χ1n) is 3.48. The second-order valence-corrected chi connectivity index (χ2v) is 2.59. The third-order valence-electron chi connectivity index (χ3n) is 1.50. The molecule has 1 heterocycles. The highest BCUT2D eigenvalue weighted by Crippen LogP contribution is 2.03. The van der Waals surface area contributed by atoms with Crippen LogP contribution in [0.15, 0.2) is 0 Å². The van der Waals surface area contributed by atoms with Gasteiger partial charge in [0.05, 0.1) is 5.69 Å². The zero-order valence-electron chi connectivity index (χ0n) is 6.42. The monoisotopic (exact) mass is 169 g/mol. The maximum absolute atomic E-state index is 5.39. The second-order valence-electron chi connectivity index (χ2n) is 2.35. The van der Waals surface area contributed by atoms with Gasteiger partial charge in [0.15, 0.2) is 0 Å². The number of rotatable bonds is 3. The number of H-pyrrole nitrogens is 1. The largest absolute Gasteiger partial charge is 0.342 e. The first-order chi connectivity index (χ1) is 5.27. The molecule has 0 aliphatic rings. The maximum Gasteiger partial charge on any atom is 0.141 e. The van der Waals surface area contributed by atoms with Crippen molar-refractivity contribution in [3.05, 3.63) is 17.2 Å². The molecule has 0 aromatic carbocycles. The molecule has 60 valence electrons. The number of hydrogen-bond acceptors (Lipinski definition) is 3. The molecule has 0 bridgehead atoms. The van der Waals surface area contributed by atoms with Crippen LogP contribution < -0.4 is 5.73 Å². The van der Waals surface area contributed by atoms with Gasteiger partial charge in [-0.15, -0.1) is 0 Å². The third kappa shape index (κ3) is 1.85. The van der Waals surface area contributed by atoms with Gasteiger partial charge in [-0.3, -0.25) is 0 Å². The summed E-state index contributed by atoms with van der Waals surface area (Å²) in [6.45, 7) is 2.60. The van der Waals surface area contributed by atoms with E-state index < -0.39 is 0 Å². The average Bonchev–Trinajstić information content (AvgIpc) is 2.33. The molecule has 1 rings (SSSR count). The highest BCUT2D eigenvalue weighted by Gasteiger charge is 2.02. The quantitative estimate of drug-likeness (QED) is 0.650. The van der Waals surface area contributed by atoms with Crippen molar-refractivity contribution in [2.75, 3.05) is 6.54 Å². The van der Waals surface area contributed by atoms with Gasteiger partial charge in [0, 0.05) is 17.5 Å². The lowest BCUT2D eigenvalue weighted by molar-refractivity contribution is 0.923. The summed E-state index contributed by atoms with van der Waals surface area (Å²) < 4.78 is 0. The number of imidazole rings is 1. The number of aromatic nitrogens is 2. The molecule has 4 heteroatoms. The Balaban J connectivity index is 2.87. The zero-order chi connectivity index (χ0) is 8.27. The van der Waals surface area contributed by atoms with E-state index in [1.165, 1.54) is 5.37 Å². The van der Waals surface area contributed by atoms with Crippen LogP contribution in [-0.2, 0) is 6.42 Å². The Morgan fingerprint density at radius 1 is 1.73 bits per heavy atom. The van der Waals surface area contributed by atoms with Crippen molar-refractivity contribution in [2.45, 2.75) is 13.3 Å². The van der Waals surface area contributed by atoms with Crippen LogP contribution in [0.2, 0.25) is 0 Å². The molecule has 0 amide bonds. The number of nitrogens with one attached hydrogen (secondary N) is 1. The molecule has 1 aromatic rings. The van der Waals surface area contributed by atoms with Crippen LogP contribution in [-0.4, -0.2) is 21.9 Å². The molecule has 1 aromatic heterocycles. The Hall–Kier alpha value is -0.740. The van der Waals surface area contributed by atoms with E-state index in [1.807, 2.05) is 6.92 Å². The van der Waals surface area contributed by atoms with Gasteiger partial charge in [0.25, 0.3) is 0 Å². The lowest BCUT2D eigenvalue weighted by Gasteiger charge is -1.91. The fourth-order valence-corrected chi connectivity index (χ4v) is 1.07. The molecule has 0 fully saturated rings. The molecule has 0 aliphatic heterocycles. The summed E-state index contributed by atoms with van der Waals surface area (Å²) in [4.78, 5) is 7.28. The minimum absolute atomic E-state index is 0.628. The minimum atomic E-state index is 0.628. The Bertz CT molecular complexity index is 254. The average molecular weight is 169 g/mol. The van der Waals surface area contributed by atoms with Crippen LogP contribution in [0.5, 0.6) is 0 Å². The number of thiocarbonyl (C=S) groups is 1. The molecule has 11 heavy (non-hydrogen) atoms. The Labute approximate surface area is 71.0 Å². The summed E-state index contributed by atoms with van der Waals surface area (Å²) in [5, 5.41) is 1.53. The summed E-state index contributed by atoms with van der Waals surface area (Å²) in [5.41, 5.74) is 7.47. The van der Waals surface area contributed by atoms with E-state index >= 15 is 0 Å². The standard InChI is InChI=1S/C7H11N3S/c1-5-6(2-3-8)10-7(4-11)9-5/h4H,2-3,8H2,1H3,(H,9,10). The fourth-order valence-electron chi connectivity index (χ4n) is 0.957. The minimum Gasteiger partial charge on any atom is -0.342 e. The van der Waals surface area contributed by atoms with Crippen molar-refractivity contribution in [1.29, 1.82) is 0 Å². The summed E-state index contributed by atoms with van der Waals surface area (Å²) >= 11 is 4.73. The first kappa shape index (κ1) is 8.36. The van der Waals surface area contributed by atoms with Gasteiger partial charge in [-0.25, -0.2) is 4.98 Å². The van der Waals surface area contributed by atoms with Gasteiger partial charge < -0.3 is 10.7 Å². The highest BCUT2D eigenvalue weighted by atomic mass is 32.1. The van der Waals surface area contributed by atoms with E-state index in [0.717, 1.165) is 23.6 Å². The van der Waals surface area contributed by atoms with E-state index in [0.29, 0.717) is 6.54 Å². The molecule has 3 nitrogen and oxygen atoms in total. The lowest BCUT2D eigenvalue weighted by Crippen LogP contribution is -2.04. The van der Waals surface area contributed by atoms with Crippen molar-refractivity contribution in [3.8, 4) is 0 Å². The van der Waals surface area contributed by atoms with Crippen molar-refractivity contribution in [2.24, 2.45) is 5.73 Å². The van der Waals surface area contributed by atoms with Crippen LogP contribution in [0.3, 0.4) is 0 Å². The van der Waals surface area contributed by atoms with E-state index in [4.69, 9.17) is 18.0 Å². The number of aromatic amines is 1.